The molecule has 0 fully saturated rings. The molecule has 0 spiro atoms. The van der Waals surface area contributed by atoms with Crippen molar-refractivity contribution in [1.82, 2.24) is 9.97 Å². The molecule has 0 saturated carbocycles. The Morgan fingerprint density at radius 3 is 2.62 bits per heavy atom. The van der Waals surface area contributed by atoms with Crippen molar-refractivity contribution in [1.29, 1.82) is 0 Å². The summed E-state index contributed by atoms with van der Waals surface area (Å²) in [6.45, 7) is 0. The maximum absolute atomic E-state index is 9.77. The number of hydrogen-bond acceptors (Lipinski definition) is 4. The average molecular weight is 192 g/mol. The summed E-state index contributed by atoms with van der Waals surface area (Å²) < 4.78 is 0. The molecule has 4 heteroatoms. The number of nitrogens with zero attached hydrogens (tertiary/aromatic N) is 2. The van der Waals surface area contributed by atoms with Crippen LogP contribution in [0.2, 0.25) is 0 Å². The highest BCUT2D eigenvalue weighted by Gasteiger charge is 2.12. The molecule has 0 aliphatic heterocycles. The van der Waals surface area contributed by atoms with Crippen molar-refractivity contribution < 1.29 is 5.11 Å². The minimum absolute atomic E-state index is 0.449. The monoisotopic (exact) mass is 192 g/mol. The van der Waals surface area contributed by atoms with E-state index in [1.54, 1.807) is 18.5 Å². The quantitative estimate of drug-likeness (QED) is 0.786. The normalized spacial score (nSPS) is 12.7. The lowest BCUT2D eigenvalue weighted by atomic mass is 10.3. The van der Waals surface area contributed by atoms with Crippen molar-refractivity contribution in [3.63, 3.8) is 0 Å². The Morgan fingerprint density at radius 2 is 2.00 bits per heavy atom. The van der Waals surface area contributed by atoms with Gasteiger partial charge >= 0.3 is 0 Å². The third-order valence-electron chi connectivity index (χ3n) is 1.64. The molecule has 13 heavy (non-hydrogen) atoms. The minimum atomic E-state index is -0.693. The van der Waals surface area contributed by atoms with Crippen LogP contribution in [0.5, 0.6) is 0 Å². The van der Waals surface area contributed by atoms with Crippen molar-refractivity contribution in [2.75, 3.05) is 0 Å². The van der Waals surface area contributed by atoms with E-state index in [9.17, 15) is 5.11 Å². The number of aliphatic hydroxyl groups excluding tert-OH is 1. The van der Waals surface area contributed by atoms with Crippen molar-refractivity contribution in [2.24, 2.45) is 0 Å². The van der Waals surface area contributed by atoms with Gasteiger partial charge in [0.1, 0.15) is 6.10 Å². The molecular weight excluding hydrogens is 184 g/mol. The zero-order chi connectivity index (χ0) is 9.10. The molecule has 0 bridgehead atoms. The Hall–Kier alpha value is -1.26. The molecule has 1 N–H and O–H groups in total. The van der Waals surface area contributed by atoms with Gasteiger partial charge in [0.25, 0.3) is 0 Å². The zero-order valence-corrected chi connectivity index (χ0v) is 7.61. The third-order valence-corrected chi connectivity index (χ3v) is 2.57. The van der Waals surface area contributed by atoms with E-state index in [1.807, 2.05) is 17.5 Å². The van der Waals surface area contributed by atoms with Gasteiger partial charge in [-0.05, 0) is 17.5 Å². The number of aromatic nitrogens is 2. The van der Waals surface area contributed by atoms with Gasteiger partial charge in [-0.2, -0.15) is 0 Å². The Balaban J connectivity index is 2.29. The number of hydrogen-bond donors (Lipinski definition) is 1. The fraction of sp³-hybridized carbons (Fsp3) is 0.111. The van der Waals surface area contributed by atoms with Crippen molar-refractivity contribution >= 4 is 11.3 Å². The van der Waals surface area contributed by atoms with E-state index in [2.05, 4.69) is 9.97 Å². The Bertz CT molecular complexity index is 360. The first-order valence-corrected chi connectivity index (χ1v) is 4.74. The average Bonchev–Trinajstić information content (AvgIpc) is 2.71. The second-order valence-electron chi connectivity index (χ2n) is 2.52. The van der Waals surface area contributed by atoms with Crippen LogP contribution in [0.15, 0.2) is 36.0 Å². The van der Waals surface area contributed by atoms with E-state index in [0.717, 1.165) is 4.88 Å². The van der Waals surface area contributed by atoms with Gasteiger partial charge in [0.15, 0.2) is 5.82 Å². The van der Waals surface area contributed by atoms with Crippen LogP contribution in [-0.2, 0) is 0 Å². The van der Waals surface area contributed by atoms with Crippen molar-refractivity contribution in [2.45, 2.75) is 6.10 Å². The summed E-state index contributed by atoms with van der Waals surface area (Å²) in [6.07, 6.45) is 2.55. The van der Waals surface area contributed by atoms with Crippen LogP contribution < -0.4 is 0 Å². The second-order valence-corrected chi connectivity index (χ2v) is 3.50. The number of thiophene rings is 1. The molecule has 0 amide bonds. The maximum atomic E-state index is 9.77. The molecule has 2 aromatic rings. The van der Waals surface area contributed by atoms with Gasteiger partial charge in [-0.25, -0.2) is 9.97 Å². The van der Waals surface area contributed by atoms with Crippen LogP contribution in [0, 0.1) is 0 Å². The fourth-order valence-corrected chi connectivity index (χ4v) is 1.73. The molecule has 66 valence electrons. The summed E-state index contributed by atoms with van der Waals surface area (Å²) >= 11 is 1.50. The largest absolute Gasteiger partial charge is 0.379 e. The predicted octanol–water partition coefficient (Wildman–Crippen LogP) is 1.62. The highest BCUT2D eigenvalue weighted by molar-refractivity contribution is 7.10. The van der Waals surface area contributed by atoms with Gasteiger partial charge in [0.2, 0.25) is 0 Å². The van der Waals surface area contributed by atoms with E-state index in [1.165, 1.54) is 11.3 Å². The molecule has 0 saturated heterocycles. The highest BCUT2D eigenvalue weighted by Crippen LogP contribution is 2.22. The molecule has 0 aliphatic carbocycles. The van der Waals surface area contributed by atoms with Crippen molar-refractivity contribution in [3.8, 4) is 0 Å². The SMILES string of the molecule is OC(c1ncccn1)c1cccs1. The molecular formula is C9H8N2OS. The zero-order valence-electron chi connectivity index (χ0n) is 6.79. The summed E-state index contributed by atoms with van der Waals surface area (Å²) in [4.78, 5) is 8.83. The van der Waals surface area contributed by atoms with Crippen molar-refractivity contribution in [3.05, 3.63) is 46.7 Å². The molecule has 0 radical (unpaired) electrons. The summed E-state index contributed by atoms with van der Waals surface area (Å²) in [5, 5.41) is 11.7. The van der Waals surface area contributed by atoms with Gasteiger partial charge in [-0.1, -0.05) is 6.07 Å². The van der Waals surface area contributed by atoms with E-state index in [0.29, 0.717) is 5.82 Å². The van der Waals surface area contributed by atoms with Crippen LogP contribution in [0.25, 0.3) is 0 Å². The predicted molar refractivity (Wildman–Crippen MR) is 50.4 cm³/mol. The lowest BCUT2D eigenvalue weighted by Crippen LogP contribution is -2.02. The molecule has 0 aromatic carbocycles. The Morgan fingerprint density at radius 1 is 1.23 bits per heavy atom. The van der Waals surface area contributed by atoms with Gasteiger partial charge in [-0.3, -0.25) is 0 Å². The second kappa shape index (κ2) is 3.64. The van der Waals surface area contributed by atoms with E-state index >= 15 is 0 Å². The molecule has 0 aliphatic rings. The van der Waals surface area contributed by atoms with Crippen LogP contribution in [0.3, 0.4) is 0 Å². The standard InChI is InChI=1S/C9H8N2OS/c12-8(7-3-1-6-13-7)9-10-4-2-5-11-9/h1-6,8,12H. The summed E-state index contributed by atoms with van der Waals surface area (Å²) in [6, 6.07) is 5.49. The lowest BCUT2D eigenvalue weighted by molar-refractivity contribution is 0.213. The third kappa shape index (κ3) is 1.74. The molecule has 2 heterocycles. The summed E-state index contributed by atoms with van der Waals surface area (Å²) in [7, 11) is 0. The Labute approximate surface area is 79.7 Å². The molecule has 2 aromatic heterocycles. The van der Waals surface area contributed by atoms with E-state index in [4.69, 9.17) is 0 Å². The topological polar surface area (TPSA) is 46.0 Å². The number of aliphatic hydroxyl groups is 1. The molecule has 2 rings (SSSR count). The van der Waals surface area contributed by atoms with E-state index < -0.39 is 6.10 Å². The van der Waals surface area contributed by atoms with Crippen LogP contribution in [-0.4, -0.2) is 15.1 Å². The lowest BCUT2D eigenvalue weighted by Gasteiger charge is -2.04. The summed E-state index contributed by atoms with van der Waals surface area (Å²) in [5.74, 6) is 0.449. The molecule has 1 atom stereocenters. The first-order chi connectivity index (χ1) is 6.38. The van der Waals surface area contributed by atoms with Crippen LogP contribution in [0.1, 0.15) is 16.8 Å². The smallest absolute Gasteiger partial charge is 0.162 e. The first-order valence-electron chi connectivity index (χ1n) is 3.86. The van der Waals surface area contributed by atoms with Gasteiger partial charge in [-0.15, -0.1) is 11.3 Å². The van der Waals surface area contributed by atoms with Gasteiger partial charge in [0, 0.05) is 17.3 Å². The molecule has 1 unspecified atom stereocenters. The highest BCUT2D eigenvalue weighted by atomic mass is 32.1. The fourth-order valence-electron chi connectivity index (χ4n) is 1.03. The maximum Gasteiger partial charge on any atom is 0.162 e. The van der Waals surface area contributed by atoms with Crippen LogP contribution >= 0.6 is 11.3 Å². The summed E-state index contributed by atoms with van der Waals surface area (Å²) in [5.41, 5.74) is 0. The van der Waals surface area contributed by atoms with Gasteiger partial charge in [0.05, 0.1) is 0 Å². The number of rotatable bonds is 2. The van der Waals surface area contributed by atoms with E-state index in [-0.39, 0.29) is 0 Å². The minimum Gasteiger partial charge on any atom is -0.379 e. The van der Waals surface area contributed by atoms with Crippen LogP contribution in [0.4, 0.5) is 0 Å². The molecule has 3 nitrogen and oxygen atoms in total. The Kier molecular flexibility index (Phi) is 2.33. The first kappa shape index (κ1) is 8.34. The van der Waals surface area contributed by atoms with Gasteiger partial charge < -0.3 is 5.11 Å².